The summed E-state index contributed by atoms with van der Waals surface area (Å²) in [6.45, 7) is 4.93. The first-order chi connectivity index (χ1) is 9.61. The van der Waals surface area contributed by atoms with Gasteiger partial charge in [-0.15, -0.1) is 0 Å². The second kappa shape index (κ2) is 12.0. The van der Waals surface area contributed by atoms with Crippen molar-refractivity contribution in [2.24, 2.45) is 5.73 Å². The summed E-state index contributed by atoms with van der Waals surface area (Å²) in [5, 5.41) is 12.8. The first-order valence-corrected chi connectivity index (χ1v) is 7.40. The van der Waals surface area contributed by atoms with Crippen LogP contribution in [0.25, 0.3) is 0 Å². The van der Waals surface area contributed by atoms with Crippen molar-refractivity contribution in [3.63, 3.8) is 0 Å². The summed E-state index contributed by atoms with van der Waals surface area (Å²) in [6.07, 6.45) is -1.16. The van der Waals surface area contributed by atoms with Crippen LogP contribution in [0.4, 0.5) is 4.79 Å². The molecule has 0 radical (unpaired) electrons. The van der Waals surface area contributed by atoms with Crippen molar-refractivity contribution in [2.75, 3.05) is 0 Å². The number of hydrogen-bond acceptors (Lipinski definition) is 7. The van der Waals surface area contributed by atoms with Crippen LogP contribution in [0.1, 0.15) is 33.6 Å². The molecule has 130 valence electrons. The van der Waals surface area contributed by atoms with E-state index in [1.54, 1.807) is 20.8 Å². The molecule has 0 aliphatic heterocycles. The van der Waals surface area contributed by atoms with Gasteiger partial charge in [0.15, 0.2) is 0 Å². The molecule has 2 amide bonds. The largest absolute Gasteiger partial charge is 2.00 e. The molecule has 0 spiro atoms. The van der Waals surface area contributed by atoms with Crippen LogP contribution < -0.4 is 21.1 Å². The molecule has 0 unspecified atom stereocenters. The molecule has 0 aromatic rings. The van der Waals surface area contributed by atoms with Crippen LogP contribution in [0.3, 0.4) is 0 Å². The van der Waals surface area contributed by atoms with Crippen molar-refractivity contribution in [3.05, 3.63) is 0 Å². The molecule has 0 heterocycles. The van der Waals surface area contributed by atoms with E-state index in [-0.39, 0.29) is 50.6 Å². The predicted octanol–water partition coefficient (Wildman–Crippen LogP) is -3.05. The van der Waals surface area contributed by atoms with Crippen LogP contribution in [0.15, 0.2) is 0 Å². The number of carbonyl (C=O) groups excluding carboxylic acids is 3. The van der Waals surface area contributed by atoms with E-state index in [2.05, 4.69) is 5.32 Å². The average molecular weight is 382 g/mol. The molecule has 11 nitrogen and oxygen atoms in total. The van der Waals surface area contributed by atoms with Crippen LogP contribution in [0, 0.1) is 0 Å². The molecule has 0 aromatic heterocycles. The van der Waals surface area contributed by atoms with Gasteiger partial charge in [-0.3, -0.25) is 9.36 Å². The number of nitrogens with two attached hydrogens (primary N) is 1. The maximum atomic E-state index is 11.3. The van der Waals surface area contributed by atoms with Gasteiger partial charge in [-0.1, -0.05) is 0 Å². The zero-order chi connectivity index (χ0) is 18.1. The molecule has 0 aromatic carbocycles. The number of ether oxygens (including phenoxy) is 1. The molecular formula is C10H19CaN2O9P. The molecule has 1 atom stereocenters. The van der Waals surface area contributed by atoms with Crippen LogP contribution >= 0.6 is 7.82 Å². The minimum absolute atomic E-state index is 0. The smallest absolute Gasteiger partial charge is 0.756 e. The summed E-state index contributed by atoms with van der Waals surface area (Å²) in [5.74, 6) is -2.14. The van der Waals surface area contributed by atoms with Crippen LogP contribution in [0.2, 0.25) is 0 Å². The summed E-state index contributed by atoms with van der Waals surface area (Å²) >= 11 is 0. The SMILES string of the molecule is CC(C)(C)OC(=O)N[C@H](CCC(N)=O)C(=O)[O-].O=P([O-])(O)O.[Ca+2]. The molecule has 0 aliphatic carbocycles. The van der Waals surface area contributed by atoms with Gasteiger partial charge in [0.2, 0.25) is 5.91 Å². The van der Waals surface area contributed by atoms with Gasteiger partial charge < -0.3 is 40.4 Å². The number of carboxylic acids is 1. The van der Waals surface area contributed by atoms with Crippen molar-refractivity contribution in [2.45, 2.75) is 45.3 Å². The summed E-state index contributed by atoms with van der Waals surface area (Å²) in [5.41, 5.74) is 4.15. The molecule has 0 aliphatic rings. The molecule has 0 rings (SSSR count). The minimum atomic E-state index is -4.89. The van der Waals surface area contributed by atoms with Crippen LogP contribution in [0.5, 0.6) is 0 Å². The monoisotopic (exact) mass is 382 g/mol. The second-order valence-corrected chi connectivity index (χ2v) is 5.99. The number of rotatable bonds is 5. The molecule has 0 saturated carbocycles. The van der Waals surface area contributed by atoms with Gasteiger partial charge in [0.1, 0.15) is 5.60 Å². The Balaban J connectivity index is -0.000000578. The Morgan fingerprint density at radius 2 is 1.70 bits per heavy atom. The van der Waals surface area contributed by atoms with E-state index in [1.165, 1.54) is 0 Å². The summed E-state index contributed by atoms with van der Waals surface area (Å²) in [4.78, 5) is 55.4. The predicted molar refractivity (Wildman–Crippen MR) is 74.4 cm³/mol. The Morgan fingerprint density at radius 3 is 1.96 bits per heavy atom. The Bertz CT molecular complexity index is 438. The molecule has 5 N–H and O–H groups in total. The number of carbonyl (C=O) groups is 3. The van der Waals surface area contributed by atoms with E-state index in [9.17, 15) is 19.5 Å². The minimum Gasteiger partial charge on any atom is -0.756 e. The second-order valence-electron chi connectivity index (χ2n) is 5.01. The number of aliphatic carboxylic acids is 1. The number of nitrogens with one attached hydrogen (secondary N) is 1. The number of phosphoric acid groups is 1. The van der Waals surface area contributed by atoms with Crippen molar-refractivity contribution in [3.8, 4) is 0 Å². The van der Waals surface area contributed by atoms with Gasteiger partial charge in [-0.2, -0.15) is 0 Å². The van der Waals surface area contributed by atoms with E-state index in [0.29, 0.717) is 0 Å². The zero-order valence-electron chi connectivity index (χ0n) is 13.0. The van der Waals surface area contributed by atoms with Gasteiger partial charge in [-0.05, 0) is 27.2 Å². The quantitative estimate of drug-likeness (QED) is 0.281. The fourth-order valence-corrected chi connectivity index (χ4v) is 0.985. The van der Waals surface area contributed by atoms with Crippen LogP contribution in [-0.2, 0) is 18.9 Å². The van der Waals surface area contributed by atoms with Gasteiger partial charge in [-0.25, -0.2) is 4.79 Å². The van der Waals surface area contributed by atoms with Crippen molar-refractivity contribution >= 4 is 63.5 Å². The Labute approximate surface area is 162 Å². The maximum Gasteiger partial charge on any atom is 2.00 e. The maximum absolute atomic E-state index is 11.3. The Kier molecular flexibility index (Phi) is 14.3. The third-order valence-corrected chi connectivity index (χ3v) is 1.65. The third-order valence-electron chi connectivity index (χ3n) is 1.65. The van der Waals surface area contributed by atoms with E-state index >= 15 is 0 Å². The molecule has 0 fully saturated rings. The summed E-state index contributed by atoms with van der Waals surface area (Å²) in [6, 6.07) is -1.29. The van der Waals surface area contributed by atoms with E-state index in [1.807, 2.05) is 0 Å². The number of alkyl carbamates (subject to hydrolysis) is 1. The van der Waals surface area contributed by atoms with Gasteiger partial charge >= 0.3 is 43.8 Å². The first kappa shape index (κ1) is 27.4. The zero-order valence-corrected chi connectivity index (χ0v) is 16.1. The van der Waals surface area contributed by atoms with Crippen molar-refractivity contribution in [1.29, 1.82) is 0 Å². The van der Waals surface area contributed by atoms with E-state index in [4.69, 9.17) is 29.7 Å². The number of hydrogen-bond donors (Lipinski definition) is 4. The fourth-order valence-electron chi connectivity index (χ4n) is 0.985. The molecule has 23 heavy (non-hydrogen) atoms. The molecule has 0 saturated heterocycles. The van der Waals surface area contributed by atoms with E-state index in [0.717, 1.165) is 0 Å². The fraction of sp³-hybridized carbons (Fsp3) is 0.700. The summed E-state index contributed by atoms with van der Waals surface area (Å²) < 4.78 is 13.6. The topological polar surface area (TPSA) is 202 Å². The first-order valence-electron chi connectivity index (χ1n) is 5.87. The van der Waals surface area contributed by atoms with Gasteiger partial charge in [0.05, 0.1) is 12.0 Å². The van der Waals surface area contributed by atoms with Crippen molar-refractivity contribution in [1.82, 2.24) is 5.32 Å². The van der Waals surface area contributed by atoms with E-state index < -0.39 is 37.4 Å². The standard InChI is InChI=1S/C10H18N2O5.Ca.H3O4P/c1-10(2,3)17-9(16)12-6(8(14)15)4-5-7(11)13;;1-5(2,3)4/h6H,4-5H2,1-3H3,(H2,11,13)(H,12,16)(H,14,15);;(H3,1,2,3,4)/q;+2;/p-2/t6-;;/m1../s1. The van der Waals surface area contributed by atoms with Crippen molar-refractivity contribution < 1.29 is 43.5 Å². The Hall–Kier alpha value is -0.420. The molecule has 0 bridgehead atoms. The Morgan fingerprint density at radius 1 is 1.30 bits per heavy atom. The number of amides is 2. The number of primary amides is 1. The molecule has 13 heteroatoms. The number of carboxylic acid groups (broad SMARTS) is 1. The van der Waals surface area contributed by atoms with Crippen LogP contribution in [-0.4, -0.2) is 77.1 Å². The third kappa shape index (κ3) is 26.8. The molecular weight excluding hydrogens is 363 g/mol. The normalized spacial score (nSPS) is 11.9. The summed E-state index contributed by atoms with van der Waals surface area (Å²) in [7, 11) is -4.89. The van der Waals surface area contributed by atoms with Gasteiger partial charge in [0.25, 0.3) is 7.82 Å². The average Bonchev–Trinajstić information content (AvgIpc) is 2.18. The van der Waals surface area contributed by atoms with Gasteiger partial charge in [0, 0.05) is 6.42 Å².